The first-order chi connectivity index (χ1) is 39.7. The summed E-state index contributed by atoms with van der Waals surface area (Å²) in [5.41, 5.74) is 50.7. The van der Waals surface area contributed by atoms with E-state index in [1.807, 2.05) is 104 Å². The van der Waals surface area contributed by atoms with Gasteiger partial charge in [-0.05, 0) is 116 Å². The Balaban J connectivity index is -0.000000182. The van der Waals surface area contributed by atoms with Crippen LogP contribution in [0.4, 0.5) is 0 Å². The van der Waals surface area contributed by atoms with E-state index in [1.54, 1.807) is 60.7 Å². The third kappa shape index (κ3) is 51.6. The Bertz CT molecular complexity index is 3060. The van der Waals surface area contributed by atoms with Crippen LogP contribution in [0.2, 0.25) is 0 Å². The lowest BCUT2D eigenvalue weighted by Crippen LogP contribution is -2.51. The van der Waals surface area contributed by atoms with Crippen LogP contribution in [-0.4, -0.2) is 106 Å². The molecule has 0 aliphatic carbocycles. The Kier molecular flexibility index (Phi) is 43.1. The minimum absolute atomic E-state index is 0. The van der Waals surface area contributed by atoms with Crippen molar-refractivity contribution in [2.75, 3.05) is 0 Å². The molecule has 5 aromatic carbocycles. The van der Waals surface area contributed by atoms with Crippen LogP contribution in [-0.2, 0) is 77.7 Å². The maximum atomic E-state index is 10.6. The van der Waals surface area contributed by atoms with E-state index in [0.29, 0.717) is 0 Å². The van der Waals surface area contributed by atoms with Crippen LogP contribution in [0.3, 0.4) is 0 Å². The molecule has 0 amide bonds. The van der Waals surface area contributed by atoms with Crippen LogP contribution in [0.5, 0.6) is 0 Å². The zero-order valence-corrected chi connectivity index (χ0v) is 58.5. The molecule has 0 saturated carbocycles. The first-order valence-electron chi connectivity index (χ1n) is 25.7. The molecule has 92 heavy (non-hydrogen) atoms. The number of rotatable bonds is 5. The van der Waals surface area contributed by atoms with Crippen molar-refractivity contribution < 1.29 is 103 Å². The second kappa shape index (κ2) is 40.7. The molecular weight excluding hydrogens is 1300 g/mol. The largest absolute Gasteiger partial charge is 0.744 e. The standard InChI is InChI=1S/5C10H14O3S.5CH5N3.2H2O/c5*1-10(2,3)8-4-6-9(7-5-8)14(11,12)13;5*2-1(3)4;;/h5*4-7H,1-3H3,(H,11,12,13);5*(H5,2,3,4);2*1H2. The highest BCUT2D eigenvalue weighted by molar-refractivity contribution is 7.86. The Labute approximate surface area is 542 Å². The minimum Gasteiger partial charge on any atom is -0.744 e. The third-order valence-corrected chi connectivity index (χ3v) is 14.3. The van der Waals surface area contributed by atoms with E-state index in [9.17, 15) is 64.9 Å². The van der Waals surface area contributed by atoms with Crippen molar-refractivity contribution in [2.45, 2.75) is 155 Å². The Morgan fingerprint density at radius 3 is 0.348 bits per heavy atom. The molecule has 34 N–H and O–H groups in total. The molecular formula is C55H99N15O17S5. The van der Waals surface area contributed by atoms with E-state index in [0.717, 1.165) is 27.8 Å². The fourth-order valence-corrected chi connectivity index (χ4v) is 7.96. The van der Waals surface area contributed by atoms with Gasteiger partial charge in [-0.2, -0.15) is 0 Å². The summed E-state index contributed by atoms with van der Waals surface area (Å²) in [5, 5.41) is 22.9. The molecule has 5 aromatic rings. The van der Waals surface area contributed by atoms with Gasteiger partial charge in [0, 0.05) is 0 Å². The topological polar surface area (TPSA) is 737 Å². The Morgan fingerprint density at radius 1 is 0.239 bits per heavy atom. The lowest BCUT2D eigenvalue weighted by molar-refractivity contribution is -0.117. The van der Waals surface area contributed by atoms with Gasteiger partial charge in [-0.25, -0.2) is 42.1 Å². The van der Waals surface area contributed by atoms with Crippen molar-refractivity contribution in [3.8, 4) is 0 Å². The fraction of sp³-hybridized carbons (Fsp3) is 0.364. The summed E-state index contributed by atoms with van der Waals surface area (Å²) in [6.07, 6.45) is 0. The summed E-state index contributed by atoms with van der Waals surface area (Å²) in [7, 11) is -21.6. The van der Waals surface area contributed by atoms with Gasteiger partial charge in [-0.3, -0.25) is 84.4 Å². The van der Waals surface area contributed by atoms with Gasteiger partial charge >= 0.3 is 29.8 Å². The van der Waals surface area contributed by atoms with Crippen LogP contribution in [0.25, 0.3) is 0 Å². The van der Waals surface area contributed by atoms with Crippen molar-refractivity contribution in [2.24, 2.45) is 57.3 Å². The lowest BCUT2D eigenvalue weighted by atomic mass is 9.87. The number of hydrogen-bond donors (Lipinski definition) is 15. The monoisotopic (exact) mass is 1400 g/mol. The van der Waals surface area contributed by atoms with Gasteiger partial charge in [-0.1, -0.05) is 165 Å². The van der Waals surface area contributed by atoms with E-state index >= 15 is 0 Å². The second-order valence-corrected chi connectivity index (χ2v) is 30.5. The first kappa shape index (κ1) is 97.5. The molecule has 0 spiro atoms. The van der Waals surface area contributed by atoms with E-state index < -0.39 is 50.6 Å². The summed E-state index contributed by atoms with van der Waals surface area (Å²) < 4.78 is 160. The summed E-state index contributed by atoms with van der Waals surface area (Å²) in [4.78, 5) is -0.877. The highest BCUT2D eigenvalue weighted by Gasteiger charge is 2.17. The van der Waals surface area contributed by atoms with Gasteiger partial charge in [0.05, 0.1) is 24.5 Å². The molecule has 0 radical (unpaired) electrons. The zero-order valence-electron chi connectivity index (χ0n) is 54.4. The van der Waals surface area contributed by atoms with Gasteiger partial charge in [0.1, 0.15) is 50.6 Å². The van der Waals surface area contributed by atoms with Crippen molar-refractivity contribution in [3.05, 3.63) is 149 Å². The fourth-order valence-electron chi connectivity index (χ4n) is 5.61. The number of nitrogens with two attached hydrogens (primary N) is 15. The minimum atomic E-state index is -4.32. The maximum absolute atomic E-state index is 10.6. The van der Waals surface area contributed by atoms with Crippen LogP contribution >= 0.6 is 0 Å². The van der Waals surface area contributed by atoms with Gasteiger partial charge in [0.2, 0.25) is 0 Å². The average Bonchev–Trinajstić information content (AvgIpc) is 3.31. The molecule has 0 unspecified atom stereocenters. The molecule has 0 atom stereocenters. The molecule has 5 rings (SSSR count). The smallest absolute Gasteiger partial charge is 0.336 e. The molecule has 0 fully saturated rings. The molecule has 0 aliphatic heterocycles. The van der Waals surface area contributed by atoms with Gasteiger partial charge in [0.25, 0.3) is 0 Å². The van der Waals surface area contributed by atoms with Crippen LogP contribution in [0.15, 0.2) is 146 Å². The van der Waals surface area contributed by atoms with E-state index in [-0.39, 0.29) is 92.3 Å². The van der Waals surface area contributed by atoms with Crippen LogP contribution in [0.1, 0.15) is 132 Å². The van der Waals surface area contributed by atoms with Crippen molar-refractivity contribution in [1.29, 1.82) is 0 Å². The van der Waals surface area contributed by atoms with Gasteiger partial charge in [-0.15, -0.1) is 0 Å². The summed E-state index contributed by atoms with van der Waals surface area (Å²) in [5.74, 6) is -0.417. The summed E-state index contributed by atoms with van der Waals surface area (Å²) in [6.45, 7) is 30.3. The van der Waals surface area contributed by atoms with E-state index in [2.05, 4.69) is 84.4 Å². The number of guanidine groups is 5. The predicted octanol–water partition coefficient (Wildman–Crippen LogP) is -7.11. The molecule has 0 aromatic heterocycles. The summed E-state index contributed by atoms with van der Waals surface area (Å²) in [6, 6.07) is 30.2. The molecule has 37 heteroatoms. The SMILES string of the molecule is CC(C)(C)c1ccc(S(=O)(=O)[O-])cc1.CC(C)(C)c1ccc(S(=O)(=O)[O-])cc1.CC(C)(C)c1ccc(S(=O)(=O)[O-])cc1.CC(C)(C)c1ccc(S(=O)(=O)[O-])cc1.CC(C)(C)c1ccc(S(=O)(=O)[O-])cc1.NC(N)=[NH2+].NC(N)=[NH2+].NC(N)=[NH2+].NC(N)=[NH2+].NC(N)=[NH2+].O.O. The molecule has 0 aliphatic rings. The summed E-state index contributed by atoms with van der Waals surface area (Å²) >= 11 is 0. The number of hydrogen-bond acceptors (Lipinski definition) is 15. The molecule has 32 nitrogen and oxygen atoms in total. The average molecular weight is 1400 g/mol. The van der Waals surface area contributed by atoms with E-state index in [4.69, 9.17) is 0 Å². The molecule has 0 saturated heterocycles. The van der Waals surface area contributed by atoms with Crippen molar-refractivity contribution >= 4 is 80.4 Å². The highest BCUT2D eigenvalue weighted by atomic mass is 32.2. The molecule has 0 bridgehead atoms. The second-order valence-electron chi connectivity index (χ2n) is 23.6. The maximum Gasteiger partial charge on any atom is 0.336 e. The first-order valence-corrected chi connectivity index (χ1v) is 32.7. The number of benzene rings is 5. The van der Waals surface area contributed by atoms with Gasteiger partial charge < -0.3 is 33.7 Å². The highest BCUT2D eigenvalue weighted by Crippen LogP contribution is 2.27. The van der Waals surface area contributed by atoms with E-state index in [1.165, 1.54) is 60.7 Å². The van der Waals surface area contributed by atoms with Crippen molar-refractivity contribution in [3.63, 3.8) is 0 Å². The van der Waals surface area contributed by atoms with Crippen LogP contribution < -0.4 is 84.4 Å². The van der Waals surface area contributed by atoms with Gasteiger partial charge in [0.15, 0.2) is 0 Å². The molecule has 0 heterocycles. The normalized spacial score (nSPS) is 11.1. The third-order valence-electron chi connectivity index (χ3n) is 10.0. The lowest BCUT2D eigenvalue weighted by Gasteiger charge is -2.19. The predicted molar refractivity (Wildman–Crippen MR) is 349 cm³/mol. The molecule has 526 valence electrons. The Morgan fingerprint density at radius 2 is 0.304 bits per heavy atom. The van der Waals surface area contributed by atoms with Crippen molar-refractivity contribution in [1.82, 2.24) is 0 Å². The quantitative estimate of drug-likeness (QED) is 0.0442. The Hall–Kier alpha value is -8.08. The van der Waals surface area contributed by atoms with Crippen LogP contribution in [0, 0.1) is 0 Å². The zero-order chi connectivity index (χ0) is 72.8.